The normalized spacial score (nSPS) is 13.4. The van der Waals surface area contributed by atoms with Gasteiger partial charge in [0.2, 0.25) is 0 Å². The van der Waals surface area contributed by atoms with Crippen LogP contribution in [0.5, 0.6) is 0 Å². The molecule has 0 spiro atoms. The Hall–Kier alpha value is -1.13. The molecule has 0 nitrogen and oxygen atoms in total. The van der Waals surface area contributed by atoms with Gasteiger partial charge in [-0.25, -0.2) is 0 Å². The first kappa shape index (κ1) is 18.2. The third-order valence-corrected chi connectivity index (χ3v) is 13.4. The molecule has 0 saturated heterocycles. The first-order chi connectivity index (χ1) is 11.2. The Balaban J connectivity index is 2.71. The summed E-state index contributed by atoms with van der Waals surface area (Å²) >= 11 is 0. The molecule has 0 amide bonds. The Labute approximate surface area is 143 Å². The summed E-state index contributed by atoms with van der Waals surface area (Å²) in [7, 11) is 0. The standard InChI is InChI=1S/C22H33P/c1-4-7-19-23(6-3,20-8-5-2,21-15-11-9-12-16-21)22-17-13-10-14-18-22/h9-18H,4-8,19-20H2,1-3H3. The molecule has 2 aromatic carbocycles. The number of hydrogen-bond donors (Lipinski definition) is 0. The zero-order valence-corrected chi connectivity index (χ0v) is 16.1. The van der Waals surface area contributed by atoms with E-state index in [1.165, 1.54) is 44.2 Å². The van der Waals surface area contributed by atoms with E-state index in [4.69, 9.17) is 0 Å². The van der Waals surface area contributed by atoms with Gasteiger partial charge >= 0.3 is 143 Å². The fourth-order valence-corrected chi connectivity index (χ4v) is 11.2. The topological polar surface area (TPSA) is 0 Å². The van der Waals surface area contributed by atoms with Crippen LogP contribution in [0.3, 0.4) is 0 Å². The van der Waals surface area contributed by atoms with Crippen molar-refractivity contribution in [2.45, 2.75) is 46.5 Å². The van der Waals surface area contributed by atoms with E-state index in [1.807, 2.05) is 0 Å². The summed E-state index contributed by atoms with van der Waals surface area (Å²) in [5, 5.41) is 3.27. The van der Waals surface area contributed by atoms with Gasteiger partial charge in [0.05, 0.1) is 0 Å². The molecule has 0 atom stereocenters. The molecule has 23 heavy (non-hydrogen) atoms. The van der Waals surface area contributed by atoms with Crippen LogP contribution in [0.15, 0.2) is 60.7 Å². The SMILES string of the molecule is CCCCP(CC)(CCCC)(c1ccccc1)c1ccccc1. The average Bonchev–Trinajstić information content (AvgIpc) is 2.64. The molecule has 0 saturated carbocycles. The summed E-state index contributed by atoms with van der Waals surface area (Å²) in [5.74, 6) is 0. The zero-order valence-electron chi connectivity index (χ0n) is 15.2. The number of hydrogen-bond acceptors (Lipinski definition) is 0. The van der Waals surface area contributed by atoms with E-state index in [0.29, 0.717) is 0 Å². The maximum atomic E-state index is 2.45. The van der Waals surface area contributed by atoms with Gasteiger partial charge in [0.1, 0.15) is 0 Å². The minimum absolute atomic E-state index is 1.28. The molecule has 0 fully saturated rings. The van der Waals surface area contributed by atoms with Crippen molar-refractivity contribution in [3.63, 3.8) is 0 Å². The first-order valence-electron chi connectivity index (χ1n) is 9.34. The van der Waals surface area contributed by atoms with Gasteiger partial charge in [-0.3, -0.25) is 0 Å². The van der Waals surface area contributed by atoms with E-state index in [0.717, 1.165) is 0 Å². The predicted octanol–water partition coefficient (Wildman–Crippen LogP) is 5.81. The summed E-state index contributed by atoms with van der Waals surface area (Å²) in [6.45, 7) is 4.99. The van der Waals surface area contributed by atoms with Crippen LogP contribution in [0.2, 0.25) is 0 Å². The van der Waals surface area contributed by atoms with Crippen LogP contribution in [0, 0.1) is 0 Å². The van der Waals surface area contributed by atoms with E-state index in [-0.39, 0.29) is 0 Å². The molecule has 0 heterocycles. The summed E-state index contributed by atoms with van der Waals surface area (Å²) in [4.78, 5) is 0. The van der Waals surface area contributed by atoms with Crippen LogP contribution >= 0.6 is 6.60 Å². The Morgan fingerprint density at radius 1 is 0.609 bits per heavy atom. The molecule has 0 aliphatic carbocycles. The molecule has 0 unspecified atom stereocenters. The third kappa shape index (κ3) is 3.38. The predicted molar refractivity (Wildman–Crippen MR) is 109 cm³/mol. The van der Waals surface area contributed by atoms with Crippen LogP contribution in [0.25, 0.3) is 0 Å². The first-order valence-corrected chi connectivity index (χ1v) is 12.1. The summed E-state index contributed by atoms with van der Waals surface area (Å²) in [6.07, 6.45) is 9.25. The van der Waals surface area contributed by atoms with Crippen LogP contribution in [-0.2, 0) is 0 Å². The van der Waals surface area contributed by atoms with Gasteiger partial charge in [-0.15, -0.1) is 0 Å². The molecule has 126 valence electrons. The molecular formula is C22H33P. The van der Waals surface area contributed by atoms with Gasteiger partial charge in [0, 0.05) is 0 Å². The van der Waals surface area contributed by atoms with Crippen molar-refractivity contribution in [3.05, 3.63) is 60.7 Å². The Morgan fingerprint density at radius 3 is 1.30 bits per heavy atom. The van der Waals surface area contributed by atoms with E-state index in [9.17, 15) is 0 Å². The van der Waals surface area contributed by atoms with E-state index < -0.39 is 6.60 Å². The Kier molecular flexibility index (Phi) is 6.42. The number of rotatable bonds is 9. The van der Waals surface area contributed by atoms with Gasteiger partial charge in [-0.1, -0.05) is 0 Å². The van der Waals surface area contributed by atoms with Crippen molar-refractivity contribution >= 4 is 17.2 Å². The fraction of sp³-hybridized carbons (Fsp3) is 0.455. The molecular weight excluding hydrogens is 295 g/mol. The number of benzene rings is 2. The molecule has 0 N–H and O–H groups in total. The molecule has 0 radical (unpaired) electrons. The second-order valence-electron chi connectivity index (χ2n) is 6.87. The van der Waals surface area contributed by atoms with Crippen LogP contribution < -0.4 is 10.6 Å². The van der Waals surface area contributed by atoms with Crippen LogP contribution in [-0.4, -0.2) is 18.5 Å². The zero-order chi connectivity index (χ0) is 16.6. The van der Waals surface area contributed by atoms with E-state index in [1.54, 1.807) is 10.6 Å². The molecule has 2 rings (SSSR count). The van der Waals surface area contributed by atoms with Crippen LogP contribution in [0.1, 0.15) is 46.5 Å². The molecule has 1 heteroatoms. The summed E-state index contributed by atoms with van der Waals surface area (Å²) < 4.78 is 0. The molecule has 2 aromatic rings. The van der Waals surface area contributed by atoms with Gasteiger partial charge < -0.3 is 0 Å². The fourth-order valence-electron chi connectivity index (χ4n) is 4.18. The quantitative estimate of drug-likeness (QED) is 0.509. The Morgan fingerprint density at radius 2 is 1.00 bits per heavy atom. The molecule has 0 aromatic heterocycles. The molecule has 0 aliphatic heterocycles. The van der Waals surface area contributed by atoms with Crippen molar-refractivity contribution in [1.82, 2.24) is 0 Å². The van der Waals surface area contributed by atoms with E-state index in [2.05, 4.69) is 81.4 Å². The van der Waals surface area contributed by atoms with Crippen LogP contribution in [0.4, 0.5) is 0 Å². The molecule has 0 aliphatic rings. The minimum atomic E-state index is -2.11. The van der Waals surface area contributed by atoms with Crippen molar-refractivity contribution in [3.8, 4) is 0 Å². The summed E-state index contributed by atoms with van der Waals surface area (Å²) in [6, 6.07) is 23.0. The molecule has 0 bridgehead atoms. The third-order valence-electron chi connectivity index (χ3n) is 5.73. The van der Waals surface area contributed by atoms with Crippen molar-refractivity contribution < 1.29 is 0 Å². The van der Waals surface area contributed by atoms with Gasteiger partial charge in [-0.2, -0.15) is 0 Å². The monoisotopic (exact) mass is 328 g/mol. The Bertz CT molecular complexity index is 522. The van der Waals surface area contributed by atoms with Gasteiger partial charge in [-0.05, 0) is 0 Å². The van der Waals surface area contributed by atoms with Gasteiger partial charge in [0.25, 0.3) is 0 Å². The van der Waals surface area contributed by atoms with Crippen molar-refractivity contribution in [1.29, 1.82) is 0 Å². The van der Waals surface area contributed by atoms with Crippen molar-refractivity contribution in [2.24, 2.45) is 0 Å². The van der Waals surface area contributed by atoms with Crippen molar-refractivity contribution in [2.75, 3.05) is 18.5 Å². The summed E-state index contributed by atoms with van der Waals surface area (Å²) in [5.41, 5.74) is 0. The second kappa shape index (κ2) is 8.11. The number of unbranched alkanes of at least 4 members (excludes halogenated alkanes) is 2. The average molecular weight is 328 g/mol. The maximum absolute atomic E-state index is 2.45. The van der Waals surface area contributed by atoms with E-state index >= 15 is 0 Å². The second-order valence-corrected chi connectivity index (χ2v) is 12.9. The van der Waals surface area contributed by atoms with Gasteiger partial charge in [0.15, 0.2) is 0 Å².